The largest absolute Gasteiger partial charge is 0.497 e. The van der Waals surface area contributed by atoms with Crippen LogP contribution in [0.15, 0.2) is 42.5 Å². The van der Waals surface area contributed by atoms with Gasteiger partial charge in [-0.2, -0.15) is 0 Å². The Morgan fingerprint density at radius 1 is 1.12 bits per heavy atom. The monoisotopic (exact) mass is 383 g/mol. The standard InChI is InChI=1S/C21H18ClNO2S/c1-12-3-6-15(11-18(12)22)23-21(24)19-10-14-5-4-13-9-16(25-2)7-8-17(13)20(14)26-19/h3,6-11H,4-5H2,1-2H3,(H,23,24). The van der Waals surface area contributed by atoms with Gasteiger partial charge in [-0.3, -0.25) is 4.79 Å². The first-order valence-electron chi connectivity index (χ1n) is 8.42. The number of benzene rings is 2. The van der Waals surface area contributed by atoms with Gasteiger partial charge in [-0.1, -0.05) is 17.7 Å². The fraction of sp³-hybridized carbons (Fsp3) is 0.190. The van der Waals surface area contributed by atoms with Gasteiger partial charge in [-0.25, -0.2) is 0 Å². The van der Waals surface area contributed by atoms with E-state index in [1.807, 2.05) is 31.2 Å². The lowest BCUT2D eigenvalue weighted by molar-refractivity contribution is 0.103. The Morgan fingerprint density at radius 3 is 2.69 bits per heavy atom. The molecule has 26 heavy (non-hydrogen) atoms. The van der Waals surface area contributed by atoms with E-state index in [0.29, 0.717) is 10.7 Å². The Labute approximate surface area is 161 Å². The lowest BCUT2D eigenvalue weighted by Gasteiger charge is -2.16. The van der Waals surface area contributed by atoms with E-state index in [0.717, 1.165) is 29.0 Å². The molecular weight excluding hydrogens is 366 g/mol. The molecule has 0 spiro atoms. The first-order valence-corrected chi connectivity index (χ1v) is 9.62. The molecule has 1 aromatic heterocycles. The third kappa shape index (κ3) is 3.11. The van der Waals surface area contributed by atoms with Gasteiger partial charge in [0.1, 0.15) is 5.75 Å². The molecule has 3 aromatic rings. The quantitative estimate of drug-likeness (QED) is 0.626. The molecule has 0 atom stereocenters. The van der Waals surface area contributed by atoms with E-state index in [4.69, 9.17) is 16.3 Å². The van der Waals surface area contributed by atoms with Crippen LogP contribution < -0.4 is 10.1 Å². The highest BCUT2D eigenvalue weighted by Gasteiger charge is 2.22. The normalized spacial score (nSPS) is 12.3. The summed E-state index contributed by atoms with van der Waals surface area (Å²) in [5.74, 6) is 0.775. The fourth-order valence-corrected chi connectivity index (χ4v) is 4.56. The number of anilines is 1. The molecule has 1 aliphatic carbocycles. The van der Waals surface area contributed by atoms with Crippen LogP contribution in [0.2, 0.25) is 5.02 Å². The molecule has 1 aliphatic rings. The lowest BCUT2D eigenvalue weighted by Crippen LogP contribution is -2.10. The fourth-order valence-electron chi connectivity index (χ4n) is 3.21. The third-order valence-electron chi connectivity index (χ3n) is 4.68. The van der Waals surface area contributed by atoms with Crippen LogP contribution >= 0.6 is 22.9 Å². The molecule has 0 saturated carbocycles. The number of ether oxygens (including phenoxy) is 1. The maximum absolute atomic E-state index is 12.7. The summed E-state index contributed by atoms with van der Waals surface area (Å²) in [5, 5.41) is 3.59. The predicted octanol–water partition coefficient (Wildman–Crippen LogP) is 5.74. The molecule has 0 saturated heterocycles. The van der Waals surface area contributed by atoms with Crippen molar-refractivity contribution in [2.45, 2.75) is 19.8 Å². The van der Waals surface area contributed by atoms with E-state index in [2.05, 4.69) is 17.4 Å². The number of rotatable bonds is 3. The Bertz CT molecular complexity index is 1010. The minimum absolute atomic E-state index is 0.0978. The Balaban J connectivity index is 1.62. The molecule has 1 heterocycles. The number of thiophene rings is 1. The van der Waals surface area contributed by atoms with Crippen LogP contribution in [0.1, 0.15) is 26.4 Å². The second-order valence-electron chi connectivity index (χ2n) is 6.41. The van der Waals surface area contributed by atoms with Gasteiger partial charge in [0, 0.05) is 15.6 Å². The number of hydrogen-bond donors (Lipinski definition) is 1. The van der Waals surface area contributed by atoms with Crippen molar-refractivity contribution in [1.82, 2.24) is 0 Å². The molecule has 132 valence electrons. The van der Waals surface area contributed by atoms with Crippen molar-refractivity contribution in [3.8, 4) is 16.2 Å². The number of amides is 1. The Morgan fingerprint density at radius 2 is 1.92 bits per heavy atom. The van der Waals surface area contributed by atoms with Crippen LogP contribution in [-0.4, -0.2) is 13.0 Å². The predicted molar refractivity (Wildman–Crippen MR) is 108 cm³/mol. The van der Waals surface area contributed by atoms with Crippen molar-refractivity contribution in [2.24, 2.45) is 0 Å². The molecule has 0 aliphatic heterocycles. The maximum Gasteiger partial charge on any atom is 0.265 e. The number of aryl methyl sites for hydroxylation is 3. The van der Waals surface area contributed by atoms with Crippen molar-refractivity contribution in [3.63, 3.8) is 0 Å². The summed E-state index contributed by atoms with van der Waals surface area (Å²) < 4.78 is 5.32. The van der Waals surface area contributed by atoms with Gasteiger partial charge < -0.3 is 10.1 Å². The second kappa shape index (κ2) is 6.78. The van der Waals surface area contributed by atoms with Crippen LogP contribution in [0.5, 0.6) is 5.75 Å². The van der Waals surface area contributed by atoms with Crippen molar-refractivity contribution < 1.29 is 9.53 Å². The summed E-state index contributed by atoms with van der Waals surface area (Å²) in [4.78, 5) is 14.6. The zero-order valence-electron chi connectivity index (χ0n) is 14.6. The summed E-state index contributed by atoms with van der Waals surface area (Å²) in [6.07, 6.45) is 1.90. The summed E-state index contributed by atoms with van der Waals surface area (Å²) in [6, 6.07) is 13.7. The minimum atomic E-state index is -0.0978. The van der Waals surface area contributed by atoms with Crippen molar-refractivity contribution in [2.75, 3.05) is 12.4 Å². The molecular formula is C21H18ClNO2S. The second-order valence-corrected chi connectivity index (χ2v) is 7.87. The average molecular weight is 384 g/mol. The van der Waals surface area contributed by atoms with Gasteiger partial charge in [-0.15, -0.1) is 11.3 Å². The SMILES string of the molecule is COc1ccc2c(c1)CCc1cc(C(=O)Nc3ccc(C)c(Cl)c3)sc1-2. The van der Waals surface area contributed by atoms with Gasteiger partial charge in [0.15, 0.2) is 0 Å². The average Bonchev–Trinajstić information content (AvgIpc) is 3.09. The highest BCUT2D eigenvalue weighted by Crippen LogP contribution is 2.41. The lowest BCUT2D eigenvalue weighted by atomic mass is 9.91. The van der Waals surface area contributed by atoms with Gasteiger partial charge in [0.05, 0.1) is 12.0 Å². The van der Waals surface area contributed by atoms with E-state index in [-0.39, 0.29) is 5.91 Å². The molecule has 3 nitrogen and oxygen atoms in total. The van der Waals surface area contributed by atoms with E-state index >= 15 is 0 Å². The molecule has 0 radical (unpaired) electrons. The molecule has 0 unspecified atom stereocenters. The molecule has 1 amide bonds. The molecule has 0 fully saturated rings. The number of carbonyl (C=O) groups excluding carboxylic acids is 1. The molecule has 5 heteroatoms. The van der Waals surface area contributed by atoms with Crippen LogP contribution in [0.4, 0.5) is 5.69 Å². The van der Waals surface area contributed by atoms with Gasteiger partial charge in [0.25, 0.3) is 5.91 Å². The topological polar surface area (TPSA) is 38.3 Å². The number of halogens is 1. The van der Waals surface area contributed by atoms with Crippen LogP contribution in [-0.2, 0) is 12.8 Å². The van der Waals surface area contributed by atoms with E-state index < -0.39 is 0 Å². The number of methoxy groups -OCH3 is 1. The highest BCUT2D eigenvalue weighted by molar-refractivity contribution is 7.17. The van der Waals surface area contributed by atoms with E-state index in [1.165, 1.54) is 21.6 Å². The van der Waals surface area contributed by atoms with Crippen molar-refractivity contribution in [3.05, 3.63) is 69.1 Å². The van der Waals surface area contributed by atoms with Crippen LogP contribution in [0.3, 0.4) is 0 Å². The zero-order chi connectivity index (χ0) is 18.3. The first-order chi connectivity index (χ1) is 12.5. The zero-order valence-corrected chi connectivity index (χ0v) is 16.1. The summed E-state index contributed by atoms with van der Waals surface area (Å²) >= 11 is 7.69. The summed E-state index contributed by atoms with van der Waals surface area (Å²) in [6.45, 7) is 1.94. The first kappa shape index (κ1) is 17.1. The maximum atomic E-state index is 12.7. The van der Waals surface area contributed by atoms with Crippen LogP contribution in [0, 0.1) is 6.92 Å². The number of nitrogens with one attached hydrogen (secondary N) is 1. The number of hydrogen-bond acceptors (Lipinski definition) is 3. The van der Waals surface area contributed by atoms with E-state index in [1.54, 1.807) is 24.5 Å². The smallest absolute Gasteiger partial charge is 0.265 e. The van der Waals surface area contributed by atoms with Gasteiger partial charge in [-0.05, 0) is 78.4 Å². The third-order valence-corrected chi connectivity index (χ3v) is 6.30. The minimum Gasteiger partial charge on any atom is -0.497 e. The van der Waals surface area contributed by atoms with Crippen molar-refractivity contribution in [1.29, 1.82) is 0 Å². The highest BCUT2D eigenvalue weighted by atomic mass is 35.5. The molecule has 1 N–H and O–H groups in total. The Hall–Kier alpha value is -2.30. The van der Waals surface area contributed by atoms with Crippen LogP contribution in [0.25, 0.3) is 10.4 Å². The summed E-state index contributed by atoms with van der Waals surface area (Å²) in [7, 11) is 1.68. The molecule has 2 aromatic carbocycles. The number of fused-ring (bicyclic) bond motifs is 3. The summed E-state index contributed by atoms with van der Waals surface area (Å²) in [5.41, 5.74) is 5.41. The number of carbonyl (C=O) groups is 1. The molecule has 4 rings (SSSR count). The van der Waals surface area contributed by atoms with E-state index in [9.17, 15) is 4.79 Å². The van der Waals surface area contributed by atoms with Gasteiger partial charge in [0.2, 0.25) is 0 Å². The van der Waals surface area contributed by atoms with Gasteiger partial charge >= 0.3 is 0 Å². The molecule has 0 bridgehead atoms. The van der Waals surface area contributed by atoms with Crippen molar-refractivity contribution >= 4 is 34.5 Å². The Kier molecular flexibility index (Phi) is 4.47.